The number of carbonyl (C=O) groups excluding carboxylic acids is 1. The third-order valence-corrected chi connectivity index (χ3v) is 2.72. The number of hydrogen-bond donors (Lipinski definition) is 1. The van der Waals surface area contributed by atoms with Crippen molar-refractivity contribution in [1.82, 2.24) is 15.0 Å². The molecule has 0 saturated heterocycles. The number of ether oxygens (including phenoxy) is 1. The Morgan fingerprint density at radius 2 is 2.00 bits per heavy atom. The van der Waals surface area contributed by atoms with Crippen molar-refractivity contribution in [2.75, 3.05) is 7.11 Å². The summed E-state index contributed by atoms with van der Waals surface area (Å²) in [4.78, 5) is 23.7. The summed E-state index contributed by atoms with van der Waals surface area (Å²) in [6.07, 6.45) is 4.46. The maximum Gasteiger partial charge on any atom is 0.358 e. The summed E-state index contributed by atoms with van der Waals surface area (Å²) < 4.78 is 4.60. The summed E-state index contributed by atoms with van der Waals surface area (Å²) in [6.45, 7) is 3.32. The zero-order chi connectivity index (χ0) is 14.8. The number of aromatic nitrogens is 3. The molecule has 0 unspecified atom stereocenters. The minimum Gasteiger partial charge on any atom is -0.464 e. The van der Waals surface area contributed by atoms with Crippen molar-refractivity contribution in [3.8, 4) is 11.3 Å². The van der Waals surface area contributed by atoms with Crippen LogP contribution in [-0.2, 0) is 10.3 Å². The number of nitrogens with zero attached hydrogens (tertiary/aromatic N) is 3. The van der Waals surface area contributed by atoms with Crippen LogP contribution in [0.15, 0.2) is 30.7 Å². The van der Waals surface area contributed by atoms with E-state index in [1.165, 1.54) is 19.5 Å². The molecular formula is C14H15N3O3. The number of aliphatic hydroxyl groups is 1. The Kier molecular flexibility index (Phi) is 3.76. The van der Waals surface area contributed by atoms with Crippen LogP contribution in [0.1, 0.15) is 30.0 Å². The van der Waals surface area contributed by atoms with Gasteiger partial charge in [0.15, 0.2) is 5.69 Å². The number of carbonyl (C=O) groups is 1. The van der Waals surface area contributed by atoms with E-state index < -0.39 is 11.6 Å². The third kappa shape index (κ3) is 2.97. The number of rotatable bonds is 3. The molecule has 0 atom stereocenters. The summed E-state index contributed by atoms with van der Waals surface area (Å²) in [6, 6.07) is 3.48. The molecule has 0 fully saturated rings. The maximum absolute atomic E-state index is 11.4. The van der Waals surface area contributed by atoms with Crippen LogP contribution in [-0.4, -0.2) is 33.1 Å². The molecule has 2 aromatic heterocycles. The molecule has 1 N–H and O–H groups in total. The Hall–Kier alpha value is -2.34. The SMILES string of the molecule is COC(=O)c1cncc(-c2ccc(C(C)(C)O)nc2)n1. The molecule has 6 heteroatoms. The van der Waals surface area contributed by atoms with Crippen molar-refractivity contribution in [3.05, 3.63) is 42.1 Å². The second kappa shape index (κ2) is 5.34. The highest BCUT2D eigenvalue weighted by atomic mass is 16.5. The highest BCUT2D eigenvalue weighted by molar-refractivity contribution is 5.87. The Morgan fingerprint density at radius 3 is 2.55 bits per heavy atom. The predicted molar refractivity (Wildman–Crippen MR) is 71.8 cm³/mol. The number of pyridine rings is 1. The Bertz CT molecular complexity index is 618. The Morgan fingerprint density at radius 1 is 1.25 bits per heavy atom. The highest BCUT2D eigenvalue weighted by Gasteiger charge is 2.17. The molecule has 0 saturated carbocycles. The zero-order valence-electron chi connectivity index (χ0n) is 11.5. The molecule has 0 bridgehead atoms. The van der Waals surface area contributed by atoms with Gasteiger partial charge in [0.2, 0.25) is 0 Å². The number of esters is 1. The van der Waals surface area contributed by atoms with Gasteiger partial charge in [-0.1, -0.05) is 0 Å². The van der Waals surface area contributed by atoms with E-state index in [2.05, 4.69) is 19.7 Å². The standard InChI is InChI=1S/C14H15N3O3/c1-14(2,19)12-5-4-9(6-16-12)10-7-15-8-11(17-10)13(18)20-3/h4-8,19H,1-3H3. The van der Waals surface area contributed by atoms with Crippen LogP contribution in [0.3, 0.4) is 0 Å². The quantitative estimate of drug-likeness (QED) is 0.854. The summed E-state index contributed by atoms with van der Waals surface area (Å²) >= 11 is 0. The largest absolute Gasteiger partial charge is 0.464 e. The molecule has 0 radical (unpaired) electrons. The van der Waals surface area contributed by atoms with E-state index in [4.69, 9.17) is 0 Å². The lowest BCUT2D eigenvalue weighted by molar-refractivity contribution is 0.0593. The van der Waals surface area contributed by atoms with E-state index in [0.717, 1.165) is 0 Å². The summed E-state index contributed by atoms with van der Waals surface area (Å²) in [7, 11) is 1.29. The fourth-order valence-electron chi connectivity index (χ4n) is 1.62. The highest BCUT2D eigenvalue weighted by Crippen LogP contribution is 2.21. The Labute approximate surface area is 116 Å². The molecule has 2 heterocycles. The fraction of sp³-hybridized carbons (Fsp3) is 0.286. The molecule has 0 amide bonds. The second-order valence-electron chi connectivity index (χ2n) is 4.77. The molecule has 6 nitrogen and oxygen atoms in total. The van der Waals surface area contributed by atoms with E-state index in [1.54, 1.807) is 32.2 Å². The molecule has 20 heavy (non-hydrogen) atoms. The van der Waals surface area contributed by atoms with Crippen molar-refractivity contribution < 1.29 is 14.6 Å². The average Bonchev–Trinajstić information content (AvgIpc) is 2.46. The van der Waals surface area contributed by atoms with Gasteiger partial charge < -0.3 is 9.84 Å². The van der Waals surface area contributed by atoms with Gasteiger partial charge in [-0.2, -0.15) is 0 Å². The lowest BCUT2D eigenvalue weighted by Gasteiger charge is -2.16. The van der Waals surface area contributed by atoms with Gasteiger partial charge in [-0.15, -0.1) is 0 Å². The summed E-state index contributed by atoms with van der Waals surface area (Å²) in [5.41, 5.74) is 0.909. The minimum atomic E-state index is -1.00. The van der Waals surface area contributed by atoms with E-state index >= 15 is 0 Å². The van der Waals surface area contributed by atoms with Gasteiger partial charge >= 0.3 is 5.97 Å². The maximum atomic E-state index is 11.4. The Balaban J connectivity index is 2.35. The van der Waals surface area contributed by atoms with Crippen molar-refractivity contribution in [3.63, 3.8) is 0 Å². The molecule has 0 aliphatic heterocycles. The van der Waals surface area contributed by atoms with Gasteiger partial charge in [0, 0.05) is 11.8 Å². The first kappa shape index (κ1) is 14.1. The number of hydrogen-bond acceptors (Lipinski definition) is 6. The van der Waals surface area contributed by atoms with Gasteiger partial charge in [-0.3, -0.25) is 9.97 Å². The van der Waals surface area contributed by atoms with Crippen molar-refractivity contribution in [2.24, 2.45) is 0 Å². The predicted octanol–water partition coefficient (Wildman–Crippen LogP) is 1.55. The summed E-state index contributed by atoms with van der Waals surface area (Å²) in [5, 5.41) is 9.85. The fourth-order valence-corrected chi connectivity index (χ4v) is 1.62. The molecule has 0 aliphatic carbocycles. The van der Waals surface area contributed by atoms with Gasteiger partial charge in [0.05, 0.1) is 30.9 Å². The first-order chi connectivity index (χ1) is 9.41. The van der Waals surface area contributed by atoms with Crippen LogP contribution in [0.25, 0.3) is 11.3 Å². The lowest BCUT2D eigenvalue weighted by Crippen LogP contribution is -2.17. The van der Waals surface area contributed by atoms with Crippen LogP contribution in [0, 0.1) is 0 Å². The van der Waals surface area contributed by atoms with Gasteiger partial charge in [0.1, 0.15) is 5.60 Å². The van der Waals surface area contributed by atoms with Crippen LogP contribution in [0.5, 0.6) is 0 Å². The lowest BCUT2D eigenvalue weighted by atomic mass is 10.0. The van der Waals surface area contributed by atoms with E-state index in [9.17, 15) is 9.90 Å². The normalized spacial score (nSPS) is 11.2. The van der Waals surface area contributed by atoms with E-state index in [0.29, 0.717) is 17.0 Å². The second-order valence-corrected chi connectivity index (χ2v) is 4.77. The van der Waals surface area contributed by atoms with E-state index in [-0.39, 0.29) is 5.69 Å². The monoisotopic (exact) mass is 273 g/mol. The first-order valence-electron chi connectivity index (χ1n) is 6.01. The molecule has 0 aromatic carbocycles. The van der Waals surface area contributed by atoms with Gasteiger partial charge in [-0.25, -0.2) is 9.78 Å². The van der Waals surface area contributed by atoms with Crippen LogP contribution in [0.2, 0.25) is 0 Å². The molecule has 0 aliphatic rings. The van der Waals surface area contributed by atoms with Crippen molar-refractivity contribution >= 4 is 5.97 Å². The van der Waals surface area contributed by atoms with E-state index in [1.807, 2.05) is 0 Å². The third-order valence-electron chi connectivity index (χ3n) is 2.72. The average molecular weight is 273 g/mol. The summed E-state index contributed by atoms with van der Waals surface area (Å²) in [5.74, 6) is -0.541. The van der Waals surface area contributed by atoms with Crippen LogP contribution < -0.4 is 0 Å². The van der Waals surface area contributed by atoms with Crippen molar-refractivity contribution in [2.45, 2.75) is 19.4 Å². The van der Waals surface area contributed by atoms with Gasteiger partial charge in [-0.05, 0) is 26.0 Å². The van der Waals surface area contributed by atoms with Crippen LogP contribution in [0.4, 0.5) is 0 Å². The zero-order valence-corrected chi connectivity index (χ0v) is 11.5. The first-order valence-corrected chi connectivity index (χ1v) is 6.01. The molecular weight excluding hydrogens is 258 g/mol. The smallest absolute Gasteiger partial charge is 0.358 e. The minimum absolute atomic E-state index is 0.136. The van der Waals surface area contributed by atoms with Crippen molar-refractivity contribution in [1.29, 1.82) is 0 Å². The molecule has 2 rings (SSSR count). The topological polar surface area (TPSA) is 85.2 Å². The van der Waals surface area contributed by atoms with Gasteiger partial charge in [0.25, 0.3) is 0 Å². The molecule has 104 valence electrons. The number of methoxy groups -OCH3 is 1. The molecule has 0 spiro atoms. The van der Waals surface area contributed by atoms with Crippen LogP contribution >= 0.6 is 0 Å². The molecule has 2 aromatic rings.